The van der Waals surface area contributed by atoms with Gasteiger partial charge in [0.2, 0.25) is 0 Å². The highest BCUT2D eigenvalue weighted by molar-refractivity contribution is 5.99. The van der Waals surface area contributed by atoms with Crippen molar-refractivity contribution in [3.63, 3.8) is 0 Å². The van der Waals surface area contributed by atoms with Crippen molar-refractivity contribution in [2.45, 2.75) is 59.8 Å². The third-order valence-electron chi connectivity index (χ3n) is 5.41. The summed E-state index contributed by atoms with van der Waals surface area (Å²) in [5, 5.41) is 0. The molecule has 6 heteroatoms. The van der Waals surface area contributed by atoms with Gasteiger partial charge in [-0.25, -0.2) is 9.59 Å². The zero-order chi connectivity index (χ0) is 24.4. The fourth-order valence-corrected chi connectivity index (χ4v) is 3.63. The lowest BCUT2D eigenvalue weighted by atomic mass is 9.97. The van der Waals surface area contributed by atoms with Crippen LogP contribution in [-0.4, -0.2) is 23.9 Å². The van der Waals surface area contributed by atoms with Gasteiger partial charge < -0.3 is 9.47 Å². The summed E-state index contributed by atoms with van der Waals surface area (Å²) in [6, 6.07) is 14.0. The molecule has 0 heterocycles. The van der Waals surface area contributed by atoms with Gasteiger partial charge in [0.1, 0.15) is 0 Å². The molecule has 2 rings (SSSR count). The summed E-state index contributed by atoms with van der Waals surface area (Å²) in [4.78, 5) is 49.9. The second-order valence-corrected chi connectivity index (χ2v) is 8.27. The number of hydrogen-bond acceptors (Lipinski definition) is 6. The van der Waals surface area contributed by atoms with Gasteiger partial charge in [0.15, 0.2) is 0 Å². The zero-order valence-corrected chi connectivity index (χ0v) is 19.8. The highest BCUT2D eigenvalue weighted by atomic mass is 16.6. The fourth-order valence-electron chi connectivity index (χ4n) is 3.63. The van der Waals surface area contributed by atoms with Crippen molar-refractivity contribution in [1.82, 2.24) is 0 Å². The summed E-state index contributed by atoms with van der Waals surface area (Å²) in [5.41, 5.74) is 2.38. The van der Waals surface area contributed by atoms with Crippen LogP contribution in [0.4, 0.5) is 0 Å². The van der Waals surface area contributed by atoms with Crippen molar-refractivity contribution >= 4 is 23.9 Å². The van der Waals surface area contributed by atoms with Crippen LogP contribution in [0.3, 0.4) is 0 Å². The molecule has 0 aromatic heterocycles. The van der Waals surface area contributed by atoms with Gasteiger partial charge in [0.25, 0.3) is 0 Å². The minimum Gasteiger partial charge on any atom is -0.389 e. The molecule has 0 N–H and O–H groups in total. The maximum absolute atomic E-state index is 12.5. The minimum absolute atomic E-state index is 0.0887. The predicted octanol–water partition coefficient (Wildman–Crippen LogP) is 5.32. The molecule has 0 aliphatic heterocycles. The Morgan fingerprint density at radius 1 is 0.667 bits per heavy atom. The Bertz CT molecular complexity index is 914. The molecule has 2 unspecified atom stereocenters. The molecule has 176 valence electrons. The van der Waals surface area contributed by atoms with Gasteiger partial charge in [-0.1, -0.05) is 76.9 Å². The first kappa shape index (κ1) is 26.0. The molecule has 6 nitrogen and oxygen atoms in total. The van der Waals surface area contributed by atoms with Crippen LogP contribution in [-0.2, 0) is 31.9 Å². The van der Waals surface area contributed by atoms with Gasteiger partial charge in [-0.2, -0.15) is 0 Å². The summed E-state index contributed by atoms with van der Waals surface area (Å²) >= 11 is 0. The van der Waals surface area contributed by atoms with E-state index in [-0.39, 0.29) is 6.42 Å². The van der Waals surface area contributed by atoms with E-state index in [0.717, 1.165) is 24.0 Å². The molecule has 0 radical (unpaired) electrons. The van der Waals surface area contributed by atoms with Crippen LogP contribution < -0.4 is 0 Å². The average Bonchev–Trinajstić information content (AvgIpc) is 2.79. The van der Waals surface area contributed by atoms with Crippen molar-refractivity contribution in [2.24, 2.45) is 11.8 Å². The molecule has 0 saturated carbocycles. The lowest BCUT2D eigenvalue weighted by molar-refractivity contribution is -0.145. The van der Waals surface area contributed by atoms with Gasteiger partial charge >= 0.3 is 23.9 Å². The maximum Gasteiger partial charge on any atom is 0.346 e. The lowest BCUT2D eigenvalue weighted by Crippen LogP contribution is -2.26. The van der Waals surface area contributed by atoms with E-state index in [9.17, 15) is 19.2 Å². The Labute approximate surface area is 195 Å². The number of benzene rings is 2. The van der Waals surface area contributed by atoms with Gasteiger partial charge in [-0.3, -0.25) is 9.59 Å². The molecule has 0 fully saturated rings. The topological polar surface area (TPSA) is 86.7 Å². The van der Waals surface area contributed by atoms with E-state index in [1.807, 2.05) is 38.1 Å². The van der Waals surface area contributed by atoms with E-state index in [0.29, 0.717) is 24.0 Å². The first-order valence-corrected chi connectivity index (χ1v) is 11.5. The van der Waals surface area contributed by atoms with Crippen LogP contribution >= 0.6 is 0 Å². The summed E-state index contributed by atoms with van der Waals surface area (Å²) < 4.78 is 10.1. The second kappa shape index (κ2) is 12.7. The summed E-state index contributed by atoms with van der Waals surface area (Å²) in [6.45, 7) is 7.16. The Kier molecular flexibility index (Phi) is 9.98. The molecule has 0 spiro atoms. The average molecular weight is 453 g/mol. The van der Waals surface area contributed by atoms with E-state index in [2.05, 4.69) is 0 Å². The van der Waals surface area contributed by atoms with Gasteiger partial charge in [0.05, 0.1) is 23.0 Å². The second-order valence-electron chi connectivity index (χ2n) is 8.27. The smallest absolute Gasteiger partial charge is 0.346 e. The highest BCUT2D eigenvalue weighted by Gasteiger charge is 2.27. The number of aryl methyl sites for hydroxylation is 2. The van der Waals surface area contributed by atoms with Crippen molar-refractivity contribution in [2.75, 3.05) is 0 Å². The van der Waals surface area contributed by atoms with E-state index in [4.69, 9.17) is 9.47 Å². The fraction of sp³-hybridized carbons (Fsp3) is 0.407. The number of ether oxygens (including phenoxy) is 2. The molecule has 0 saturated heterocycles. The van der Waals surface area contributed by atoms with Gasteiger partial charge in [-0.05, 0) is 42.5 Å². The third kappa shape index (κ3) is 7.38. The van der Waals surface area contributed by atoms with Crippen LogP contribution in [0.1, 0.15) is 78.8 Å². The number of carbonyl (C=O) groups excluding carboxylic acids is 4. The van der Waals surface area contributed by atoms with Gasteiger partial charge in [-0.15, -0.1) is 0 Å². The molecular weight excluding hydrogens is 420 g/mol. The van der Waals surface area contributed by atoms with Crippen molar-refractivity contribution in [3.8, 4) is 0 Å². The SMILES string of the molecule is CCCc1ccccc1C(=O)OC(=O)C(C)CC(C)C(=O)OC(=O)c1ccccc1CCC. The molecule has 0 aliphatic rings. The molecule has 2 atom stereocenters. The molecule has 0 bridgehead atoms. The largest absolute Gasteiger partial charge is 0.389 e. The van der Waals surface area contributed by atoms with Gasteiger partial charge in [0, 0.05) is 0 Å². The molecule has 0 amide bonds. The summed E-state index contributed by atoms with van der Waals surface area (Å²) in [6.07, 6.45) is 3.21. The standard InChI is InChI=1S/C27H32O6/c1-5-11-20-13-7-9-15-22(20)26(30)32-24(28)18(3)17-19(4)25(29)33-27(31)23-16-10-8-14-21(23)12-6-2/h7-10,13-16,18-19H,5-6,11-12,17H2,1-4H3. The summed E-state index contributed by atoms with van der Waals surface area (Å²) in [7, 11) is 0. The maximum atomic E-state index is 12.5. The Balaban J connectivity index is 1.94. The summed E-state index contributed by atoms with van der Waals surface area (Å²) in [5.74, 6) is -4.28. The molecule has 33 heavy (non-hydrogen) atoms. The van der Waals surface area contributed by atoms with Crippen LogP contribution in [0.5, 0.6) is 0 Å². The first-order valence-electron chi connectivity index (χ1n) is 11.5. The van der Waals surface area contributed by atoms with Crippen molar-refractivity contribution in [3.05, 3.63) is 70.8 Å². The number of carbonyl (C=O) groups is 4. The van der Waals surface area contributed by atoms with Crippen LogP contribution in [0.15, 0.2) is 48.5 Å². The van der Waals surface area contributed by atoms with Crippen molar-refractivity contribution in [1.29, 1.82) is 0 Å². The van der Waals surface area contributed by atoms with E-state index in [1.54, 1.807) is 38.1 Å². The van der Waals surface area contributed by atoms with Crippen LogP contribution in [0.2, 0.25) is 0 Å². The molecule has 2 aromatic carbocycles. The number of hydrogen-bond donors (Lipinski definition) is 0. The first-order chi connectivity index (χ1) is 15.8. The Hall–Kier alpha value is -3.28. The lowest BCUT2D eigenvalue weighted by Gasteiger charge is -2.16. The number of esters is 4. The van der Waals surface area contributed by atoms with E-state index in [1.165, 1.54) is 0 Å². The van der Waals surface area contributed by atoms with Crippen LogP contribution in [0.25, 0.3) is 0 Å². The Morgan fingerprint density at radius 2 is 1.03 bits per heavy atom. The molecule has 2 aromatic rings. The zero-order valence-electron chi connectivity index (χ0n) is 19.8. The van der Waals surface area contributed by atoms with E-state index >= 15 is 0 Å². The van der Waals surface area contributed by atoms with Crippen LogP contribution in [0, 0.1) is 11.8 Å². The van der Waals surface area contributed by atoms with Crippen molar-refractivity contribution < 1.29 is 28.7 Å². The Morgan fingerprint density at radius 3 is 1.39 bits per heavy atom. The normalized spacial score (nSPS) is 12.5. The predicted molar refractivity (Wildman–Crippen MR) is 125 cm³/mol. The molecule has 0 aliphatic carbocycles. The quantitative estimate of drug-likeness (QED) is 0.358. The minimum atomic E-state index is -0.725. The van der Waals surface area contributed by atoms with E-state index < -0.39 is 35.7 Å². The monoisotopic (exact) mass is 452 g/mol. The highest BCUT2D eigenvalue weighted by Crippen LogP contribution is 2.19. The molecular formula is C27H32O6. The third-order valence-corrected chi connectivity index (χ3v) is 5.41. The number of rotatable bonds is 10.